The van der Waals surface area contributed by atoms with E-state index < -0.39 is 0 Å². The number of rotatable bonds is 10. The first-order chi connectivity index (χ1) is 14.7. The van der Waals surface area contributed by atoms with Crippen LogP contribution < -0.4 is 19.5 Å². The Morgan fingerprint density at radius 3 is 2.27 bits per heavy atom. The van der Waals surface area contributed by atoms with Crippen LogP contribution in [0.5, 0.6) is 17.2 Å². The molecule has 0 saturated heterocycles. The molecule has 0 aliphatic heterocycles. The molecule has 156 valence electrons. The Morgan fingerprint density at radius 2 is 1.57 bits per heavy atom. The van der Waals surface area contributed by atoms with Crippen LogP contribution in [-0.2, 0) is 24.4 Å². The first-order valence-electron chi connectivity index (χ1n) is 9.91. The number of para-hydroxylation sites is 1. The molecule has 5 nitrogen and oxygen atoms in total. The van der Waals surface area contributed by atoms with Gasteiger partial charge < -0.3 is 19.5 Å². The van der Waals surface area contributed by atoms with Gasteiger partial charge in [-0.15, -0.1) is 0 Å². The third kappa shape index (κ3) is 6.27. The predicted octanol–water partition coefficient (Wildman–Crippen LogP) is 4.53. The summed E-state index contributed by atoms with van der Waals surface area (Å²) < 4.78 is 16.4. The average molecular weight is 405 g/mol. The van der Waals surface area contributed by atoms with Crippen LogP contribution in [0.1, 0.15) is 23.1 Å². The van der Waals surface area contributed by atoms with E-state index in [0.29, 0.717) is 26.0 Å². The maximum atomic E-state index is 12.3. The van der Waals surface area contributed by atoms with Gasteiger partial charge in [0.15, 0.2) is 0 Å². The Bertz CT molecular complexity index is 939. The number of methoxy groups -OCH3 is 2. The van der Waals surface area contributed by atoms with Crippen LogP contribution in [0.4, 0.5) is 0 Å². The highest BCUT2D eigenvalue weighted by atomic mass is 16.5. The first-order valence-corrected chi connectivity index (χ1v) is 9.91. The second-order valence-corrected chi connectivity index (χ2v) is 6.87. The summed E-state index contributed by atoms with van der Waals surface area (Å²) in [5, 5.41) is 2.97. The number of carbonyl (C=O) groups excluding carboxylic acids is 1. The van der Waals surface area contributed by atoms with Crippen LogP contribution in [0.3, 0.4) is 0 Å². The van der Waals surface area contributed by atoms with E-state index in [2.05, 4.69) is 5.32 Å². The number of benzene rings is 3. The SMILES string of the molecule is COc1ccc(OC)c(CCC(=O)NCc2ccc(COc3ccccc3)cc2)c1. The van der Waals surface area contributed by atoms with Gasteiger partial charge in [-0.05, 0) is 53.4 Å². The molecule has 0 aliphatic rings. The molecule has 3 rings (SSSR count). The van der Waals surface area contributed by atoms with Crippen molar-refractivity contribution in [1.82, 2.24) is 5.32 Å². The Kier molecular flexibility index (Phi) is 7.72. The molecule has 0 saturated carbocycles. The summed E-state index contributed by atoms with van der Waals surface area (Å²) in [5.74, 6) is 2.36. The second kappa shape index (κ2) is 10.9. The molecule has 0 radical (unpaired) electrons. The molecule has 5 heteroatoms. The van der Waals surface area contributed by atoms with Gasteiger partial charge in [-0.3, -0.25) is 4.79 Å². The molecule has 0 aliphatic carbocycles. The zero-order chi connectivity index (χ0) is 21.2. The predicted molar refractivity (Wildman–Crippen MR) is 117 cm³/mol. The van der Waals surface area contributed by atoms with Gasteiger partial charge in [-0.25, -0.2) is 0 Å². The topological polar surface area (TPSA) is 56.8 Å². The molecule has 0 unspecified atom stereocenters. The minimum Gasteiger partial charge on any atom is -0.497 e. The standard InChI is InChI=1S/C25H27NO4/c1-28-23-13-14-24(29-2)21(16-23)12-15-25(27)26-17-19-8-10-20(11-9-19)18-30-22-6-4-3-5-7-22/h3-11,13-14,16H,12,15,17-18H2,1-2H3,(H,26,27). The Balaban J connectivity index is 1.44. The smallest absolute Gasteiger partial charge is 0.220 e. The van der Waals surface area contributed by atoms with Crippen molar-refractivity contribution in [1.29, 1.82) is 0 Å². The van der Waals surface area contributed by atoms with Crippen LogP contribution in [0.15, 0.2) is 72.8 Å². The Labute approximate surface area is 177 Å². The third-order valence-corrected chi connectivity index (χ3v) is 4.77. The van der Waals surface area contributed by atoms with Crippen molar-refractivity contribution >= 4 is 5.91 Å². The summed E-state index contributed by atoms with van der Waals surface area (Å²) in [6.07, 6.45) is 0.967. The van der Waals surface area contributed by atoms with E-state index in [1.807, 2.05) is 72.8 Å². The van der Waals surface area contributed by atoms with Gasteiger partial charge in [0, 0.05) is 13.0 Å². The molecule has 0 bridgehead atoms. The van der Waals surface area contributed by atoms with E-state index in [4.69, 9.17) is 14.2 Å². The number of nitrogens with one attached hydrogen (secondary N) is 1. The third-order valence-electron chi connectivity index (χ3n) is 4.77. The van der Waals surface area contributed by atoms with Gasteiger partial charge in [0.25, 0.3) is 0 Å². The van der Waals surface area contributed by atoms with E-state index >= 15 is 0 Å². The van der Waals surface area contributed by atoms with Crippen molar-refractivity contribution in [3.8, 4) is 17.2 Å². The van der Waals surface area contributed by atoms with Gasteiger partial charge in [0.05, 0.1) is 14.2 Å². The lowest BCUT2D eigenvalue weighted by atomic mass is 10.1. The molecule has 0 aromatic heterocycles. The molecule has 1 N–H and O–H groups in total. The minimum atomic E-state index is -0.00337. The molecule has 0 spiro atoms. The maximum absolute atomic E-state index is 12.3. The zero-order valence-corrected chi connectivity index (χ0v) is 17.4. The first kappa shape index (κ1) is 21.2. The summed E-state index contributed by atoms with van der Waals surface area (Å²) in [7, 11) is 3.25. The number of hydrogen-bond donors (Lipinski definition) is 1. The van der Waals surface area contributed by atoms with Crippen LogP contribution in [-0.4, -0.2) is 20.1 Å². The lowest BCUT2D eigenvalue weighted by Gasteiger charge is -2.11. The lowest BCUT2D eigenvalue weighted by Crippen LogP contribution is -2.23. The number of ether oxygens (including phenoxy) is 3. The molecule has 0 atom stereocenters. The van der Waals surface area contributed by atoms with E-state index in [1.54, 1.807) is 14.2 Å². The number of hydrogen-bond acceptors (Lipinski definition) is 4. The Hall–Kier alpha value is -3.47. The summed E-state index contributed by atoms with van der Waals surface area (Å²) in [5.41, 5.74) is 3.08. The lowest BCUT2D eigenvalue weighted by molar-refractivity contribution is -0.121. The van der Waals surface area contributed by atoms with E-state index in [-0.39, 0.29) is 5.91 Å². The average Bonchev–Trinajstić information content (AvgIpc) is 2.81. The fraction of sp³-hybridized carbons (Fsp3) is 0.240. The number of carbonyl (C=O) groups is 1. The number of aryl methyl sites for hydroxylation is 1. The van der Waals surface area contributed by atoms with Crippen molar-refractivity contribution in [2.45, 2.75) is 26.0 Å². The normalized spacial score (nSPS) is 10.3. The molecular formula is C25H27NO4. The molecule has 1 amide bonds. The highest BCUT2D eigenvalue weighted by molar-refractivity contribution is 5.76. The van der Waals surface area contributed by atoms with Crippen LogP contribution in [0.25, 0.3) is 0 Å². The van der Waals surface area contributed by atoms with Crippen LogP contribution >= 0.6 is 0 Å². The summed E-state index contributed by atoms with van der Waals surface area (Å²) in [6.45, 7) is 1.01. The summed E-state index contributed by atoms with van der Waals surface area (Å²) in [6, 6.07) is 23.4. The van der Waals surface area contributed by atoms with Gasteiger partial charge in [-0.2, -0.15) is 0 Å². The molecule has 0 heterocycles. The van der Waals surface area contributed by atoms with Crippen molar-refractivity contribution in [3.63, 3.8) is 0 Å². The summed E-state index contributed by atoms with van der Waals surface area (Å²) in [4.78, 5) is 12.3. The minimum absolute atomic E-state index is 0.00337. The summed E-state index contributed by atoms with van der Waals surface area (Å²) >= 11 is 0. The zero-order valence-electron chi connectivity index (χ0n) is 17.4. The maximum Gasteiger partial charge on any atom is 0.220 e. The van der Waals surface area contributed by atoms with Crippen molar-refractivity contribution in [2.75, 3.05) is 14.2 Å². The van der Waals surface area contributed by atoms with Gasteiger partial charge in [0.2, 0.25) is 5.91 Å². The highest BCUT2D eigenvalue weighted by Crippen LogP contribution is 2.25. The Morgan fingerprint density at radius 1 is 0.833 bits per heavy atom. The van der Waals surface area contributed by atoms with Crippen molar-refractivity contribution in [3.05, 3.63) is 89.5 Å². The van der Waals surface area contributed by atoms with Crippen molar-refractivity contribution in [2.24, 2.45) is 0 Å². The molecular weight excluding hydrogens is 378 g/mol. The van der Waals surface area contributed by atoms with E-state index in [9.17, 15) is 4.79 Å². The molecule has 30 heavy (non-hydrogen) atoms. The van der Waals surface area contributed by atoms with Gasteiger partial charge in [0.1, 0.15) is 23.9 Å². The molecule has 3 aromatic carbocycles. The highest BCUT2D eigenvalue weighted by Gasteiger charge is 2.08. The van der Waals surface area contributed by atoms with Gasteiger partial charge in [-0.1, -0.05) is 42.5 Å². The van der Waals surface area contributed by atoms with E-state index in [0.717, 1.165) is 33.9 Å². The second-order valence-electron chi connectivity index (χ2n) is 6.87. The quantitative estimate of drug-likeness (QED) is 0.538. The van der Waals surface area contributed by atoms with Crippen LogP contribution in [0.2, 0.25) is 0 Å². The fourth-order valence-electron chi connectivity index (χ4n) is 3.05. The van der Waals surface area contributed by atoms with Crippen LogP contribution in [0, 0.1) is 0 Å². The van der Waals surface area contributed by atoms with Gasteiger partial charge >= 0.3 is 0 Å². The van der Waals surface area contributed by atoms with Crippen molar-refractivity contribution < 1.29 is 19.0 Å². The molecule has 0 fully saturated rings. The fourth-order valence-corrected chi connectivity index (χ4v) is 3.05. The van der Waals surface area contributed by atoms with E-state index in [1.165, 1.54) is 0 Å². The number of amides is 1. The largest absolute Gasteiger partial charge is 0.497 e. The molecule has 3 aromatic rings. The monoisotopic (exact) mass is 405 g/mol.